The zero-order chi connectivity index (χ0) is 10.0. The zero-order valence-corrected chi connectivity index (χ0v) is 6.89. The Morgan fingerprint density at radius 1 is 1.46 bits per heavy atom. The van der Waals surface area contributed by atoms with Crippen molar-refractivity contribution in [2.75, 3.05) is 0 Å². The molecular formula is C8H8NO4+. The number of Topliss-reactive ketones (excluding diaryl/α,β-unsaturated/α-hetero) is 1. The van der Waals surface area contributed by atoms with Gasteiger partial charge in [0.1, 0.15) is 5.75 Å². The fourth-order valence-electron chi connectivity index (χ4n) is 0.925. The van der Waals surface area contributed by atoms with E-state index in [1.807, 2.05) is 0 Å². The molecule has 0 aromatic heterocycles. The number of carbonyl (C=O) groups is 1. The number of phenolic OH excluding ortho intramolecular Hbond substituents is 1. The molecule has 0 aliphatic rings. The van der Waals surface area contributed by atoms with Crippen LogP contribution in [0.5, 0.6) is 5.75 Å². The van der Waals surface area contributed by atoms with Crippen molar-refractivity contribution in [3.8, 4) is 5.75 Å². The van der Waals surface area contributed by atoms with Crippen LogP contribution in [0.3, 0.4) is 0 Å². The minimum atomic E-state index is -0.374. The van der Waals surface area contributed by atoms with Crippen molar-refractivity contribution in [2.24, 2.45) is 0 Å². The number of nitrogens with zero attached hydrogens (tertiary/aromatic N) is 1. The first-order chi connectivity index (χ1) is 6.02. The van der Waals surface area contributed by atoms with Gasteiger partial charge in [-0.1, -0.05) is 0 Å². The Balaban J connectivity index is 3.27. The third-order valence-electron chi connectivity index (χ3n) is 1.58. The summed E-state index contributed by atoms with van der Waals surface area (Å²) in [6, 6.07) is 3.49. The summed E-state index contributed by atoms with van der Waals surface area (Å²) in [4.78, 5) is 20.9. The Morgan fingerprint density at radius 2 is 2.08 bits per heavy atom. The van der Waals surface area contributed by atoms with Gasteiger partial charge in [-0.25, -0.2) is 5.21 Å². The molecule has 0 fully saturated rings. The maximum Gasteiger partial charge on any atom is 0.317 e. The van der Waals surface area contributed by atoms with Crippen molar-refractivity contribution in [3.63, 3.8) is 0 Å². The van der Waals surface area contributed by atoms with Gasteiger partial charge in [-0.15, -0.1) is 0 Å². The molecule has 0 aliphatic heterocycles. The number of hydrogen-bond donors (Lipinski definition) is 2. The fraction of sp³-hybridized carbons (Fsp3) is 0.125. The Morgan fingerprint density at radius 3 is 2.54 bits per heavy atom. The molecule has 0 saturated heterocycles. The minimum Gasteiger partial charge on any atom is -0.507 e. The lowest BCUT2D eigenvalue weighted by atomic mass is 10.1. The second-order valence-electron chi connectivity index (χ2n) is 2.53. The summed E-state index contributed by atoms with van der Waals surface area (Å²) in [5.74, 6) is -0.584. The molecule has 1 aromatic rings. The van der Waals surface area contributed by atoms with Gasteiger partial charge in [0.05, 0.1) is 10.5 Å². The Hall–Kier alpha value is -1.91. The molecular weight excluding hydrogens is 174 g/mol. The van der Waals surface area contributed by atoms with Crippen LogP contribution in [0.2, 0.25) is 0 Å². The first-order valence-electron chi connectivity index (χ1n) is 3.52. The number of carbonyl (C=O) groups excluding carboxylic acids is 1. The van der Waals surface area contributed by atoms with Gasteiger partial charge in [-0.2, -0.15) is 0 Å². The highest BCUT2D eigenvalue weighted by molar-refractivity contribution is 5.97. The van der Waals surface area contributed by atoms with Crippen LogP contribution in [-0.4, -0.2) is 21.0 Å². The van der Waals surface area contributed by atoms with Gasteiger partial charge in [0.2, 0.25) is 0 Å². The van der Waals surface area contributed by atoms with Crippen LogP contribution in [0, 0.1) is 4.91 Å². The van der Waals surface area contributed by atoms with E-state index in [0.717, 1.165) is 6.07 Å². The van der Waals surface area contributed by atoms with E-state index in [2.05, 4.69) is 0 Å². The molecule has 0 heterocycles. The third kappa shape index (κ3) is 1.81. The van der Waals surface area contributed by atoms with E-state index in [-0.39, 0.29) is 27.7 Å². The van der Waals surface area contributed by atoms with Crippen LogP contribution in [0.4, 0.5) is 5.69 Å². The maximum absolute atomic E-state index is 10.9. The maximum atomic E-state index is 10.9. The lowest BCUT2D eigenvalue weighted by Gasteiger charge is -1.97. The number of ketones is 1. The van der Waals surface area contributed by atoms with Gasteiger partial charge in [0.25, 0.3) is 4.92 Å². The highest BCUT2D eigenvalue weighted by atomic mass is 16.6. The summed E-state index contributed by atoms with van der Waals surface area (Å²) >= 11 is 0. The van der Waals surface area contributed by atoms with E-state index in [1.54, 1.807) is 0 Å². The predicted octanol–water partition coefficient (Wildman–Crippen LogP) is 1.39. The molecule has 0 amide bonds. The predicted molar refractivity (Wildman–Crippen MR) is 43.2 cm³/mol. The summed E-state index contributed by atoms with van der Waals surface area (Å²) in [7, 11) is 0. The average molecular weight is 182 g/mol. The fourth-order valence-corrected chi connectivity index (χ4v) is 0.925. The van der Waals surface area contributed by atoms with Gasteiger partial charge in [0.15, 0.2) is 5.78 Å². The highest BCUT2D eigenvalue weighted by Gasteiger charge is 2.16. The number of phenols is 1. The second kappa shape index (κ2) is 3.22. The molecule has 0 radical (unpaired) electrons. The second-order valence-corrected chi connectivity index (χ2v) is 2.53. The Bertz CT molecular complexity index is 372. The lowest BCUT2D eigenvalue weighted by Crippen LogP contribution is -1.97. The Kier molecular flexibility index (Phi) is 2.27. The average Bonchev–Trinajstić information content (AvgIpc) is 2.04. The minimum absolute atomic E-state index is 0.00685. The molecule has 0 saturated carbocycles. The molecule has 0 bridgehead atoms. The van der Waals surface area contributed by atoms with Gasteiger partial charge in [-0.05, 0) is 13.0 Å². The topological polar surface area (TPSA) is 77.6 Å². The third-order valence-corrected chi connectivity index (χ3v) is 1.58. The SMILES string of the molecule is CC(=O)c1cc([N+](=O)O)ccc1O. The van der Waals surface area contributed by atoms with Gasteiger partial charge in [-0.3, -0.25) is 4.79 Å². The molecule has 0 spiro atoms. The summed E-state index contributed by atoms with van der Waals surface area (Å²) in [5.41, 5.74) is -0.0876. The van der Waals surface area contributed by atoms with Crippen LogP contribution in [-0.2, 0) is 0 Å². The largest absolute Gasteiger partial charge is 0.507 e. The molecule has 1 rings (SSSR count). The van der Waals surface area contributed by atoms with Crippen LogP contribution in [0.15, 0.2) is 18.2 Å². The van der Waals surface area contributed by atoms with Crippen molar-refractivity contribution in [3.05, 3.63) is 28.7 Å². The van der Waals surface area contributed by atoms with Crippen LogP contribution in [0.1, 0.15) is 17.3 Å². The molecule has 5 nitrogen and oxygen atoms in total. The van der Waals surface area contributed by atoms with Crippen molar-refractivity contribution in [2.45, 2.75) is 6.92 Å². The summed E-state index contributed by atoms with van der Waals surface area (Å²) in [6.45, 7) is 1.26. The van der Waals surface area contributed by atoms with Crippen molar-refractivity contribution < 1.29 is 20.0 Å². The molecule has 13 heavy (non-hydrogen) atoms. The zero-order valence-electron chi connectivity index (χ0n) is 6.89. The normalized spacial score (nSPS) is 9.62. The quantitative estimate of drug-likeness (QED) is 0.535. The van der Waals surface area contributed by atoms with E-state index in [1.165, 1.54) is 19.1 Å². The van der Waals surface area contributed by atoms with Crippen molar-refractivity contribution in [1.29, 1.82) is 0 Å². The number of rotatable bonds is 2. The highest BCUT2D eigenvalue weighted by Crippen LogP contribution is 2.22. The molecule has 1 aromatic carbocycles. The first-order valence-corrected chi connectivity index (χ1v) is 3.52. The van der Waals surface area contributed by atoms with Gasteiger partial charge < -0.3 is 5.11 Å². The van der Waals surface area contributed by atoms with E-state index in [4.69, 9.17) is 10.3 Å². The van der Waals surface area contributed by atoms with Gasteiger partial charge >= 0.3 is 5.69 Å². The molecule has 5 heteroatoms. The van der Waals surface area contributed by atoms with Gasteiger partial charge in [0, 0.05) is 12.1 Å². The summed E-state index contributed by atoms with van der Waals surface area (Å²) < 4.78 is 0. The lowest BCUT2D eigenvalue weighted by molar-refractivity contribution is -0.729. The van der Waals surface area contributed by atoms with E-state index in [0.29, 0.717) is 0 Å². The molecule has 68 valence electrons. The van der Waals surface area contributed by atoms with Crippen molar-refractivity contribution >= 4 is 11.5 Å². The summed E-state index contributed by atoms with van der Waals surface area (Å²) in [6.07, 6.45) is 0. The summed E-state index contributed by atoms with van der Waals surface area (Å²) in [5, 5.41) is 17.7. The smallest absolute Gasteiger partial charge is 0.317 e. The standard InChI is InChI=1S/C8H7NO4/c1-5(10)7-4-6(9(12)13)2-3-8(7)11/h2-4H,1H3,(H-,10,11,12,13)/p+1. The van der Waals surface area contributed by atoms with E-state index < -0.39 is 0 Å². The molecule has 0 unspecified atom stereocenters. The van der Waals surface area contributed by atoms with Crippen LogP contribution >= 0.6 is 0 Å². The number of aromatic hydroxyl groups is 1. The first kappa shape index (κ1) is 9.18. The molecule has 0 aliphatic carbocycles. The van der Waals surface area contributed by atoms with Crippen LogP contribution < -0.4 is 0 Å². The number of benzene rings is 1. The Labute approximate surface area is 73.8 Å². The monoisotopic (exact) mass is 182 g/mol. The van der Waals surface area contributed by atoms with E-state index in [9.17, 15) is 9.70 Å². The van der Waals surface area contributed by atoms with Crippen molar-refractivity contribution in [1.82, 2.24) is 0 Å². The van der Waals surface area contributed by atoms with Crippen LogP contribution in [0.25, 0.3) is 0 Å². The molecule has 0 atom stereocenters. The molecule has 2 N–H and O–H groups in total. The van der Waals surface area contributed by atoms with E-state index >= 15 is 0 Å². The number of hydrogen-bond acceptors (Lipinski definition) is 3.